The summed E-state index contributed by atoms with van der Waals surface area (Å²) in [5, 5.41) is 9.39. The number of rotatable bonds is 6. The number of hydrogen-bond donors (Lipinski definition) is 3. The van der Waals surface area contributed by atoms with Crippen LogP contribution in [0.2, 0.25) is 0 Å². The average molecular weight is 380 g/mol. The van der Waals surface area contributed by atoms with Gasteiger partial charge in [0, 0.05) is 12.5 Å². The van der Waals surface area contributed by atoms with Gasteiger partial charge in [0.15, 0.2) is 0 Å². The highest BCUT2D eigenvalue weighted by Crippen LogP contribution is 2.24. The second-order valence-electron chi connectivity index (χ2n) is 6.27. The van der Waals surface area contributed by atoms with Crippen LogP contribution in [0.15, 0.2) is 18.2 Å². The maximum absolute atomic E-state index is 13.4. The Balaban J connectivity index is 0.00000264. The Morgan fingerprint density at radius 1 is 1.25 bits per heavy atom. The second-order valence-corrected chi connectivity index (χ2v) is 6.27. The minimum Gasteiger partial charge on any atom is -0.381 e. The molecule has 1 fully saturated rings. The highest BCUT2D eigenvalue weighted by atomic mass is 35.5. The smallest absolute Gasteiger partial charge is 0.224 e. The normalized spacial score (nSPS) is 14.5. The zero-order chi connectivity index (χ0) is 15.9. The number of nitrogens with one attached hydrogen (secondary N) is 3. The third-order valence-corrected chi connectivity index (χ3v) is 3.94. The maximum Gasteiger partial charge on any atom is 0.224 e. The quantitative estimate of drug-likeness (QED) is 0.693. The Labute approximate surface area is 156 Å². The van der Waals surface area contributed by atoms with E-state index in [0.717, 1.165) is 32.4 Å². The molecule has 0 atom stereocenters. The molecule has 0 bridgehead atoms. The van der Waals surface area contributed by atoms with Crippen LogP contribution in [-0.4, -0.2) is 25.0 Å². The van der Waals surface area contributed by atoms with Gasteiger partial charge in [0.05, 0.1) is 11.4 Å². The Hall–Kier alpha value is -1.04. The van der Waals surface area contributed by atoms with Crippen LogP contribution in [0.5, 0.6) is 0 Å². The lowest BCUT2D eigenvalue weighted by Gasteiger charge is -2.22. The molecule has 138 valence electrons. The molecule has 1 aromatic carbocycles. The fourth-order valence-electron chi connectivity index (χ4n) is 2.77. The Morgan fingerprint density at radius 2 is 1.92 bits per heavy atom. The summed E-state index contributed by atoms with van der Waals surface area (Å²) in [6.45, 7) is 6.06. The van der Waals surface area contributed by atoms with Crippen molar-refractivity contribution in [1.29, 1.82) is 0 Å². The van der Waals surface area contributed by atoms with Crippen molar-refractivity contribution in [1.82, 2.24) is 5.32 Å². The zero-order valence-corrected chi connectivity index (χ0v) is 15.9. The Bertz CT molecular complexity index is 509. The van der Waals surface area contributed by atoms with Gasteiger partial charge in [0.1, 0.15) is 5.82 Å². The van der Waals surface area contributed by atoms with Gasteiger partial charge in [-0.2, -0.15) is 0 Å². The van der Waals surface area contributed by atoms with E-state index >= 15 is 0 Å². The van der Waals surface area contributed by atoms with Crippen molar-refractivity contribution in [3.63, 3.8) is 0 Å². The van der Waals surface area contributed by atoms with E-state index in [0.29, 0.717) is 23.7 Å². The van der Waals surface area contributed by atoms with E-state index in [2.05, 4.69) is 16.0 Å². The van der Waals surface area contributed by atoms with Crippen molar-refractivity contribution < 1.29 is 9.18 Å². The Morgan fingerprint density at radius 3 is 2.54 bits per heavy atom. The molecule has 0 radical (unpaired) electrons. The molecule has 0 unspecified atom stereocenters. The summed E-state index contributed by atoms with van der Waals surface area (Å²) in [7, 11) is 0. The van der Waals surface area contributed by atoms with E-state index in [1.165, 1.54) is 12.1 Å². The monoisotopic (exact) mass is 379 g/mol. The second kappa shape index (κ2) is 11.5. The molecule has 1 heterocycles. The van der Waals surface area contributed by atoms with E-state index < -0.39 is 0 Å². The number of benzene rings is 1. The number of carbonyl (C=O) groups excluding carboxylic acids is 1. The third kappa shape index (κ3) is 7.69. The standard InChI is InChI=1S/C17H26FN3O.2ClH/c1-12(2)20-16-11-14(18)4-5-15(16)21-17(22)6-3-13-7-9-19-10-8-13;;/h4-5,11-13,19-20H,3,6-10H2,1-2H3,(H,21,22);2*1H. The molecule has 3 N–H and O–H groups in total. The molecular formula is C17H28Cl2FN3O. The van der Waals surface area contributed by atoms with Crippen molar-refractivity contribution in [3.05, 3.63) is 24.0 Å². The molecule has 1 aliphatic rings. The summed E-state index contributed by atoms with van der Waals surface area (Å²) in [6, 6.07) is 4.57. The van der Waals surface area contributed by atoms with Crippen molar-refractivity contribution >= 4 is 42.1 Å². The first-order valence-corrected chi connectivity index (χ1v) is 8.11. The van der Waals surface area contributed by atoms with Crippen molar-refractivity contribution in [2.45, 2.75) is 45.6 Å². The van der Waals surface area contributed by atoms with E-state index in [4.69, 9.17) is 0 Å². The lowest BCUT2D eigenvalue weighted by Crippen LogP contribution is -2.28. The van der Waals surface area contributed by atoms with Crippen LogP contribution >= 0.6 is 24.8 Å². The van der Waals surface area contributed by atoms with E-state index in [9.17, 15) is 9.18 Å². The summed E-state index contributed by atoms with van der Waals surface area (Å²) >= 11 is 0. The van der Waals surface area contributed by atoms with Gasteiger partial charge in [0.2, 0.25) is 5.91 Å². The molecule has 0 saturated carbocycles. The summed E-state index contributed by atoms with van der Waals surface area (Å²) in [5.74, 6) is 0.321. The first-order valence-electron chi connectivity index (χ1n) is 8.11. The lowest BCUT2D eigenvalue weighted by atomic mass is 9.93. The third-order valence-electron chi connectivity index (χ3n) is 3.94. The molecule has 24 heavy (non-hydrogen) atoms. The average Bonchev–Trinajstić information content (AvgIpc) is 2.48. The van der Waals surface area contributed by atoms with Gasteiger partial charge in [-0.3, -0.25) is 4.79 Å². The largest absolute Gasteiger partial charge is 0.381 e. The van der Waals surface area contributed by atoms with Crippen molar-refractivity contribution in [2.24, 2.45) is 5.92 Å². The van der Waals surface area contributed by atoms with Gasteiger partial charge in [0.25, 0.3) is 0 Å². The molecule has 2 rings (SSSR count). The summed E-state index contributed by atoms with van der Waals surface area (Å²) in [5.41, 5.74) is 1.27. The van der Waals surface area contributed by atoms with Crippen LogP contribution in [0.1, 0.15) is 39.5 Å². The first-order chi connectivity index (χ1) is 10.5. The number of anilines is 2. The van der Waals surface area contributed by atoms with Crippen LogP contribution in [0.4, 0.5) is 15.8 Å². The van der Waals surface area contributed by atoms with E-state index in [1.54, 1.807) is 6.07 Å². The molecule has 1 amide bonds. The molecule has 1 saturated heterocycles. The number of piperidine rings is 1. The van der Waals surface area contributed by atoms with Crippen LogP contribution in [0.25, 0.3) is 0 Å². The summed E-state index contributed by atoms with van der Waals surface area (Å²) in [4.78, 5) is 12.1. The Kier molecular flexibility index (Phi) is 11.0. The van der Waals surface area contributed by atoms with E-state index in [-0.39, 0.29) is 42.6 Å². The van der Waals surface area contributed by atoms with Gasteiger partial charge in [-0.25, -0.2) is 4.39 Å². The molecule has 7 heteroatoms. The van der Waals surface area contributed by atoms with E-state index in [1.807, 2.05) is 13.8 Å². The molecule has 0 spiro atoms. The number of carbonyl (C=O) groups is 1. The highest BCUT2D eigenvalue weighted by molar-refractivity contribution is 5.94. The van der Waals surface area contributed by atoms with Gasteiger partial charge in [-0.15, -0.1) is 24.8 Å². The maximum atomic E-state index is 13.4. The van der Waals surface area contributed by atoms with Crippen LogP contribution in [0, 0.1) is 11.7 Å². The van der Waals surface area contributed by atoms with Crippen molar-refractivity contribution in [2.75, 3.05) is 23.7 Å². The predicted molar refractivity (Wildman–Crippen MR) is 103 cm³/mol. The SMILES string of the molecule is CC(C)Nc1cc(F)ccc1NC(=O)CCC1CCNCC1.Cl.Cl. The highest BCUT2D eigenvalue weighted by Gasteiger charge is 2.15. The zero-order valence-electron chi connectivity index (χ0n) is 14.2. The van der Waals surface area contributed by atoms with Crippen LogP contribution in [-0.2, 0) is 4.79 Å². The van der Waals surface area contributed by atoms with Crippen LogP contribution < -0.4 is 16.0 Å². The number of amides is 1. The molecule has 0 aromatic heterocycles. The molecular weight excluding hydrogens is 352 g/mol. The first kappa shape index (κ1) is 23.0. The van der Waals surface area contributed by atoms with Gasteiger partial charge in [-0.05, 0) is 70.3 Å². The minimum atomic E-state index is -0.309. The van der Waals surface area contributed by atoms with Gasteiger partial charge < -0.3 is 16.0 Å². The summed E-state index contributed by atoms with van der Waals surface area (Å²) in [6.07, 6.45) is 3.72. The van der Waals surface area contributed by atoms with Crippen molar-refractivity contribution in [3.8, 4) is 0 Å². The van der Waals surface area contributed by atoms with Gasteiger partial charge in [-0.1, -0.05) is 0 Å². The molecule has 1 aromatic rings. The topological polar surface area (TPSA) is 53.2 Å². The fraction of sp³-hybridized carbons (Fsp3) is 0.588. The molecule has 0 aliphatic carbocycles. The fourth-order valence-corrected chi connectivity index (χ4v) is 2.77. The minimum absolute atomic E-state index is 0. The summed E-state index contributed by atoms with van der Waals surface area (Å²) < 4.78 is 13.4. The van der Waals surface area contributed by atoms with Gasteiger partial charge >= 0.3 is 0 Å². The molecule has 1 aliphatic heterocycles. The predicted octanol–water partition coefficient (Wildman–Crippen LogP) is 4.21. The lowest BCUT2D eigenvalue weighted by molar-refractivity contribution is -0.116. The number of hydrogen-bond acceptors (Lipinski definition) is 3. The van der Waals surface area contributed by atoms with Crippen LogP contribution in [0.3, 0.4) is 0 Å². The number of halogens is 3. The molecule has 4 nitrogen and oxygen atoms in total.